The number of alkyl carbamates (subject to hydrolysis) is 1. The van der Waals surface area contributed by atoms with Gasteiger partial charge in [-0.15, -0.1) is 11.6 Å². The van der Waals surface area contributed by atoms with Gasteiger partial charge in [0.05, 0.1) is 19.3 Å². The quantitative estimate of drug-likeness (QED) is 0.337. The van der Waals surface area contributed by atoms with Crippen molar-refractivity contribution in [2.75, 3.05) is 36.7 Å². The van der Waals surface area contributed by atoms with Crippen LogP contribution in [0.1, 0.15) is 38.3 Å². The second-order valence-corrected chi connectivity index (χ2v) is 10.5. The van der Waals surface area contributed by atoms with Crippen LogP contribution in [0.5, 0.6) is 0 Å². The van der Waals surface area contributed by atoms with Crippen molar-refractivity contribution < 1.29 is 32.0 Å². The molecule has 0 heterocycles. The number of aliphatic carboxylic acids is 1. The van der Waals surface area contributed by atoms with Crippen LogP contribution in [0.25, 0.3) is 0 Å². The summed E-state index contributed by atoms with van der Waals surface area (Å²) in [6, 6.07) is 4.97. The van der Waals surface area contributed by atoms with E-state index in [1.54, 1.807) is 20.8 Å². The monoisotopic (exact) mass is 492 g/mol. The lowest BCUT2D eigenvalue weighted by molar-refractivity contribution is -0.137. The molecule has 0 unspecified atom stereocenters. The summed E-state index contributed by atoms with van der Waals surface area (Å²) in [6.07, 6.45) is 0.318. The maximum Gasteiger partial charge on any atom is 0.407 e. The van der Waals surface area contributed by atoms with Crippen molar-refractivity contribution in [2.24, 2.45) is 0 Å². The fraction of sp³-hybridized carbons (Fsp3) is 0.619. The standard InChI is InChI=1S/C21H33ClN2O7S/c1-15-6-7-18(24(9-8-22)10-11-30-32(5,28)29)13-16(15)12-17(14-19(25)26)23-20(27)31-21(2,3)4/h6-7,13,17H,8-12,14H2,1-5H3,(H,23,27)(H,25,26)/t17-/m0/s1. The molecule has 0 spiro atoms. The molecule has 182 valence electrons. The van der Waals surface area contributed by atoms with Crippen molar-refractivity contribution in [3.05, 3.63) is 29.3 Å². The number of anilines is 1. The van der Waals surface area contributed by atoms with Gasteiger partial charge in [-0.3, -0.25) is 8.98 Å². The average Bonchev–Trinajstić information content (AvgIpc) is 2.59. The van der Waals surface area contributed by atoms with Crippen LogP contribution in [0.2, 0.25) is 0 Å². The van der Waals surface area contributed by atoms with Crippen molar-refractivity contribution in [1.82, 2.24) is 5.32 Å². The topological polar surface area (TPSA) is 122 Å². The van der Waals surface area contributed by atoms with Gasteiger partial charge in [0.2, 0.25) is 0 Å². The van der Waals surface area contributed by atoms with Crippen LogP contribution in [0.15, 0.2) is 18.2 Å². The Bertz CT molecular complexity index is 885. The number of rotatable bonds is 12. The van der Waals surface area contributed by atoms with Gasteiger partial charge in [0.15, 0.2) is 0 Å². The van der Waals surface area contributed by atoms with Gasteiger partial charge in [0.25, 0.3) is 10.1 Å². The molecule has 1 aromatic carbocycles. The van der Waals surface area contributed by atoms with Crippen LogP contribution < -0.4 is 10.2 Å². The van der Waals surface area contributed by atoms with Gasteiger partial charge in [-0.05, 0) is 57.4 Å². The number of hydrogen-bond acceptors (Lipinski definition) is 7. The molecule has 1 atom stereocenters. The van der Waals surface area contributed by atoms with E-state index in [1.165, 1.54) is 0 Å². The molecule has 11 heteroatoms. The van der Waals surface area contributed by atoms with E-state index < -0.39 is 33.8 Å². The number of hydrogen-bond donors (Lipinski definition) is 2. The first-order valence-corrected chi connectivity index (χ1v) is 12.5. The van der Waals surface area contributed by atoms with Crippen molar-refractivity contribution in [2.45, 2.75) is 52.2 Å². The molecule has 0 aliphatic carbocycles. The van der Waals surface area contributed by atoms with Gasteiger partial charge in [-0.25, -0.2) is 4.79 Å². The highest BCUT2D eigenvalue weighted by Crippen LogP contribution is 2.22. The Morgan fingerprint density at radius 2 is 1.91 bits per heavy atom. The highest BCUT2D eigenvalue weighted by atomic mass is 35.5. The molecule has 1 rings (SSSR count). The van der Waals surface area contributed by atoms with E-state index in [9.17, 15) is 23.1 Å². The number of ether oxygens (including phenoxy) is 1. The summed E-state index contributed by atoms with van der Waals surface area (Å²) in [5, 5.41) is 11.9. The number of amides is 1. The molecule has 1 amide bonds. The third-order valence-corrected chi connectivity index (χ3v) is 5.08. The number of carbonyl (C=O) groups excluding carboxylic acids is 1. The number of nitrogens with one attached hydrogen (secondary N) is 1. The molecule has 0 aromatic heterocycles. The Balaban J connectivity index is 3.04. The van der Waals surface area contributed by atoms with E-state index in [2.05, 4.69) is 5.32 Å². The Labute approximate surface area is 195 Å². The Hall–Kier alpha value is -2.04. The first kappa shape index (κ1) is 28.0. The first-order chi connectivity index (χ1) is 14.7. The molecule has 0 radical (unpaired) electrons. The molecule has 0 aliphatic rings. The van der Waals surface area contributed by atoms with Gasteiger partial charge < -0.3 is 20.1 Å². The molecule has 0 aliphatic heterocycles. The predicted molar refractivity (Wildman–Crippen MR) is 124 cm³/mol. The molecule has 1 aromatic rings. The number of halogens is 1. The smallest absolute Gasteiger partial charge is 0.407 e. The number of carboxylic acid groups (broad SMARTS) is 1. The fourth-order valence-electron chi connectivity index (χ4n) is 2.97. The van der Waals surface area contributed by atoms with Gasteiger partial charge in [-0.2, -0.15) is 8.42 Å². The van der Waals surface area contributed by atoms with Crippen molar-refractivity contribution >= 4 is 39.5 Å². The lowest BCUT2D eigenvalue weighted by Gasteiger charge is -2.26. The van der Waals surface area contributed by atoms with Crippen LogP contribution in [0.4, 0.5) is 10.5 Å². The van der Waals surface area contributed by atoms with Gasteiger partial charge in [0.1, 0.15) is 5.60 Å². The van der Waals surface area contributed by atoms with Gasteiger partial charge >= 0.3 is 12.1 Å². The van der Waals surface area contributed by atoms with Crippen LogP contribution in [0, 0.1) is 6.92 Å². The second kappa shape index (κ2) is 12.3. The zero-order valence-electron chi connectivity index (χ0n) is 19.2. The maximum absolute atomic E-state index is 12.2. The minimum absolute atomic E-state index is 0.0270. The number of alkyl halides is 1. The molecule has 32 heavy (non-hydrogen) atoms. The summed E-state index contributed by atoms with van der Waals surface area (Å²) in [5.41, 5.74) is 1.85. The third kappa shape index (κ3) is 11.5. The molecular formula is C21H33ClN2O7S. The second-order valence-electron chi connectivity index (χ2n) is 8.46. The Morgan fingerprint density at radius 3 is 2.44 bits per heavy atom. The number of benzene rings is 1. The predicted octanol–water partition coefficient (Wildman–Crippen LogP) is 2.93. The van der Waals surface area contributed by atoms with Crippen LogP contribution in [-0.4, -0.2) is 69.1 Å². The molecule has 2 N–H and O–H groups in total. The lowest BCUT2D eigenvalue weighted by Crippen LogP contribution is -2.41. The zero-order valence-corrected chi connectivity index (χ0v) is 20.8. The van der Waals surface area contributed by atoms with Crippen molar-refractivity contribution in [3.8, 4) is 0 Å². The van der Waals surface area contributed by atoms with E-state index >= 15 is 0 Å². The maximum atomic E-state index is 12.2. The zero-order chi connectivity index (χ0) is 24.5. The van der Waals surface area contributed by atoms with Gasteiger partial charge in [-0.1, -0.05) is 6.07 Å². The Kier molecular flexibility index (Phi) is 10.7. The Morgan fingerprint density at radius 1 is 1.25 bits per heavy atom. The number of carboxylic acids is 1. The molecular weight excluding hydrogens is 460 g/mol. The van der Waals surface area contributed by atoms with E-state index in [-0.39, 0.29) is 19.4 Å². The average molecular weight is 493 g/mol. The molecule has 0 fully saturated rings. The summed E-state index contributed by atoms with van der Waals surface area (Å²) in [7, 11) is -3.55. The summed E-state index contributed by atoms with van der Waals surface area (Å²) >= 11 is 5.91. The fourth-order valence-corrected chi connectivity index (χ4v) is 3.55. The number of aryl methyl sites for hydroxylation is 1. The SMILES string of the molecule is Cc1ccc(N(CCCl)CCOS(C)(=O)=O)cc1C[C@@H](CC(=O)O)NC(=O)OC(C)(C)C. The molecule has 0 saturated carbocycles. The highest BCUT2D eigenvalue weighted by Gasteiger charge is 2.22. The molecule has 9 nitrogen and oxygen atoms in total. The van der Waals surface area contributed by atoms with E-state index in [0.29, 0.717) is 19.0 Å². The summed E-state index contributed by atoms with van der Waals surface area (Å²) in [6.45, 7) is 7.81. The minimum Gasteiger partial charge on any atom is -0.481 e. The normalized spacial score (nSPS) is 12.8. The van der Waals surface area contributed by atoms with E-state index in [0.717, 1.165) is 23.1 Å². The molecule has 0 bridgehead atoms. The number of nitrogens with zero attached hydrogens (tertiary/aromatic N) is 1. The summed E-state index contributed by atoms with van der Waals surface area (Å²) < 4.78 is 32.5. The summed E-state index contributed by atoms with van der Waals surface area (Å²) in [5.74, 6) is -0.717. The third-order valence-electron chi connectivity index (χ3n) is 4.32. The molecule has 0 saturated heterocycles. The largest absolute Gasteiger partial charge is 0.481 e. The van der Waals surface area contributed by atoms with Crippen molar-refractivity contribution in [1.29, 1.82) is 0 Å². The lowest BCUT2D eigenvalue weighted by atomic mass is 9.98. The van der Waals surface area contributed by atoms with E-state index in [1.807, 2.05) is 30.0 Å². The van der Waals surface area contributed by atoms with Crippen LogP contribution >= 0.6 is 11.6 Å². The van der Waals surface area contributed by atoms with Gasteiger partial charge in [0, 0.05) is 30.7 Å². The highest BCUT2D eigenvalue weighted by molar-refractivity contribution is 7.85. The summed E-state index contributed by atoms with van der Waals surface area (Å²) in [4.78, 5) is 25.4. The van der Waals surface area contributed by atoms with Crippen LogP contribution in [-0.2, 0) is 30.3 Å². The van der Waals surface area contributed by atoms with Crippen LogP contribution in [0.3, 0.4) is 0 Å². The minimum atomic E-state index is -3.55. The first-order valence-electron chi connectivity index (χ1n) is 10.2. The van der Waals surface area contributed by atoms with Crippen molar-refractivity contribution in [3.63, 3.8) is 0 Å². The number of carbonyl (C=O) groups is 2. The van der Waals surface area contributed by atoms with E-state index in [4.69, 9.17) is 20.5 Å².